The van der Waals surface area contributed by atoms with E-state index in [1.165, 1.54) is 5.56 Å². The molecule has 0 saturated heterocycles. The summed E-state index contributed by atoms with van der Waals surface area (Å²) in [6.45, 7) is 2.16. The van der Waals surface area contributed by atoms with Gasteiger partial charge in [-0.05, 0) is 35.2 Å². The molecule has 0 heterocycles. The number of hydrogen-bond acceptors (Lipinski definition) is 2. The van der Waals surface area contributed by atoms with Gasteiger partial charge in [-0.2, -0.15) is 0 Å². The third-order valence-corrected chi connectivity index (χ3v) is 1.85. The lowest BCUT2D eigenvalue weighted by Gasteiger charge is -1.89. The van der Waals surface area contributed by atoms with Crippen molar-refractivity contribution >= 4 is 33.7 Å². The zero-order valence-electron chi connectivity index (χ0n) is 7.67. The molecule has 0 saturated carbocycles. The van der Waals surface area contributed by atoms with Gasteiger partial charge < -0.3 is 0 Å². The van der Waals surface area contributed by atoms with Crippen molar-refractivity contribution in [2.45, 2.75) is 13.3 Å². The predicted octanol–water partition coefficient (Wildman–Crippen LogP) is 2.77. The summed E-state index contributed by atoms with van der Waals surface area (Å²) in [5.74, 6) is 0. The molecular formula is C10H10Cl2O2. The van der Waals surface area contributed by atoms with Crippen LogP contribution in [0.5, 0.6) is 0 Å². The zero-order chi connectivity index (χ0) is 11.0. The van der Waals surface area contributed by atoms with Crippen LogP contribution < -0.4 is 0 Å². The molecule has 0 fully saturated rings. The van der Waals surface area contributed by atoms with E-state index >= 15 is 0 Å². The maximum Gasteiger partial charge on any atom is 0.304 e. The first-order valence-corrected chi connectivity index (χ1v) is 4.76. The molecule has 76 valence electrons. The molecule has 0 N–H and O–H groups in total. The molecule has 0 amide bonds. The van der Waals surface area contributed by atoms with E-state index in [4.69, 9.17) is 0 Å². The molecule has 1 aromatic rings. The second kappa shape index (κ2) is 7.54. The highest BCUT2D eigenvalue weighted by Gasteiger charge is 2.01. The third-order valence-electron chi connectivity index (χ3n) is 1.41. The normalized spacial score (nSPS) is 8.50. The van der Waals surface area contributed by atoms with Crippen molar-refractivity contribution in [2.24, 2.45) is 0 Å². The van der Waals surface area contributed by atoms with Crippen molar-refractivity contribution in [3.05, 3.63) is 35.9 Å². The average molecular weight is 233 g/mol. The first kappa shape index (κ1) is 13.1. The number of halogens is 2. The van der Waals surface area contributed by atoms with Crippen LogP contribution in [0, 0.1) is 0 Å². The highest BCUT2D eigenvalue weighted by atomic mass is 35.5. The fourth-order valence-corrected chi connectivity index (χ4v) is 0.714. The number of rotatable bonds is 2. The second-order valence-corrected chi connectivity index (χ2v) is 3.07. The molecule has 0 aliphatic rings. The van der Waals surface area contributed by atoms with Crippen molar-refractivity contribution in [3.8, 4) is 0 Å². The van der Waals surface area contributed by atoms with E-state index in [0.717, 1.165) is 6.42 Å². The zero-order valence-corrected chi connectivity index (χ0v) is 9.18. The average Bonchev–Trinajstić information content (AvgIpc) is 2.20. The molecule has 1 aromatic carbocycles. The van der Waals surface area contributed by atoms with Gasteiger partial charge in [0.1, 0.15) is 0 Å². The van der Waals surface area contributed by atoms with Crippen molar-refractivity contribution in [2.75, 3.05) is 0 Å². The summed E-state index contributed by atoms with van der Waals surface area (Å²) < 4.78 is 0. The molecule has 0 aliphatic carbocycles. The molecule has 0 bridgehead atoms. The van der Waals surface area contributed by atoms with Gasteiger partial charge in [0.05, 0.1) is 0 Å². The maximum atomic E-state index is 9.43. The molecule has 0 radical (unpaired) electrons. The lowest BCUT2D eigenvalue weighted by molar-refractivity contribution is -0.127. The molecule has 4 heteroatoms. The van der Waals surface area contributed by atoms with E-state index in [1.807, 2.05) is 6.07 Å². The van der Waals surface area contributed by atoms with Crippen LogP contribution >= 0.6 is 23.2 Å². The molecule has 0 aromatic heterocycles. The van der Waals surface area contributed by atoms with E-state index < -0.39 is 10.5 Å². The minimum absolute atomic E-state index is 1.14. The number of aryl methyl sites for hydroxylation is 1. The van der Waals surface area contributed by atoms with E-state index in [-0.39, 0.29) is 0 Å². The van der Waals surface area contributed by atoms with E-state index in [2.05, 4.69) is 54.4 Å². The second-order valence-electron chi connectivity index (χ2n) is 2.39. The number of benzene rings is 1. The first-order chi connectivity index (χ1) is 6.57. The summed E-state index contributed by atoms with van der Waals surface area (Å²) in [4.78, 5) is 18.9. The predicted molar refractivity (Wildman–Crippen MR) is 57.5 cm³/mol. The largest absolute Gasteiger partial charge is 0.304 e. The van der Waals surface area contributed by atoms with Gasteiger partial charge in [-0.1, -0.05) is 37.3 Å². The van der Waals surface area contributed by atoms with Crippen LogP contribution in [0.3, 0.4) is 0 Å². The van der Waals surface area contributed by atoms with Crippen LogP contribution in [0.25, 0.3) is 0 Å². The highest BCUT2D eigenvalue weighted by molar-refractivity contribution is 6.97. The standard InChI is InChI=1S/C8H10.C2Cl2O2/c1-2-8-6-4-3-5-7-8;3-1(5)2(4)6/h3-7H,2H2,1H3;. The fraction of sp³-hybridized carbons (Fsp3) is 0.200. The molecule has 0 unspecified atom stereocenters. The summed E-state index contributed by atoms with van der Waals surface area (Å²) >= 11 is 8.98. The number of carbonyl (C=O) groups excluding carboxylic acids is 2. The number of hydrogen-bond donors (Lipinski definition) is 0. The molecule has 1 rings (SSSR count). The summed E-state index contributed by atoms with van der Waals surface area (Å²) in [5, 5.41) is -2.28. The lowest BCUT2D eigenvalue weighted by Crippen LogP contribution is -1.94. The number of carbonyl (C=O) groups is 2. The van der Waals surface area contributed by atoms with Crippen molar-refractivity contribution < 1.29 is 9.59 Å². The Morgan fingerprint density at radius 3 is 1.71 bits per heavy atom. The Bertz CT molecular complexity index is 284. The smallest absolute Gasteiger partial charge is 0.271 e. The Kier molecular flexibility index (Phi) is 7.07. The minimum Gasteiger partial charge on any atom is -0.271 e. The van der Waals surface area contributed by atoms with E-state index in [0.29, 0.717) is 0 Å². The Morgan fingerprint density at radius 1 is 1.07 bits per heavy atom. The summed E-state index contributed by atoms with van der Waals surface area (Å²) in [7, 11) is 0. The fourth-order valence-electron chi connectivity index (χ4n) is 0.714. The van der Waals surface area contributed by atoms with Crippen molar-refractivity contribution in [1.82, 2.24) is 0 Å². The SMILES string of the molecule is CCc1ccccc1.O=C(Cl)C(=O)Cl. The van der Waals surface area contributed by atoms with Crippen molar-refractivity contribution in [1.29, 1.82) is 0 Å². The Morgan fingerprint density at radius 2 is 1.50 bits per heavy atom. The van der Waals surface area contributed by atoms with Crippen LogP contribution in [0.4, 0.5) is 0 Å². The molecule has 14 heavy (non-hydrogen) atoms. The molecule has 0 spiro atoms. The van der Waals surface area contributed by atoms with Gasteiger partial charge in [0.2, 0.25) is 0 Å². The molecular weight excluding hydrogens is 223 g/mol. The monoisotopic (exact) mass is 232 g/mol. The van der Waals surface area contributed by atoms with Gasteiger partial charge in [0.15, 0.2) is 0 Å². The molecule has 0 aliphatic heterocycles. The summed E-state index contributed by atoms with van der Waals surface area (Å²) in [6.07, 6.45) is 1.14. The highest BCUT2D eigenvalue weighted by Crippen LogP contribution is 1.96. The first-order valence-electron chi connectivity index (χ1n) is 4.01. The summed E-state index contributed by atoms with van der Waals surface area (Å²) in [6, 6.07) is 10.5. The molecule has 0 atom stereocenters. The van der Waals surface area contributed by atoms with Crippen LogP contribution in [0.15, 0.2) is 30.3 Å². The van der Waals surface area contributed by atoms with Gasteiger partial charge in [-0.3, -0.25) is 9.59 Å². The van der Waals surface area contributed by atoms with Crippen LogP contribution in [0.2, 0.25) is 0 Å². The summed E-state index contributed by atoms with van der Waals surface area (Å²) in [5.41, 5.74) is 1.41. The topological polar surface area (TPSA) is 34.1 Å². The van der Waals surface area contributed by atoms with Crippen LogP contribution in [0.1, 0.15) is 12.5 Å². The minimum atomic E-state index is -1.14. The quantitative estimate of drug-likeness (QED) is 0.581. The lowest BCUT2D eigenvalue weighted by atomic mass is 10.2. The Balaban J connectivity index is 0.000000255. The Hall–Kier alpha value is -0.860. The van der Waals surface area contributed by atoms with Gasteiger partial charge in [-0.25, -0.2) is 0 Å². The Labute approximate surface area is 92.8 Å². The van der Waals surface area contributed by atoms with E-state index in [9.17, 15) is 9.59 Å². The third kappa shape index (κ3) is 6.63. The maximum absolute atomic E-state index is 9.43. The molecule has 2 nitrogen and oxygen atoms in total. The van der Waals surface area contributed by atoms with Gasteiger partial charge >= 0.3 is 10.5 Å². The van der Waals surface area contributed by atoms with Gasteiger partial charge in [0.25, 0.3) is 0 Å². The van der Waals surface area contributed by atoms with E-state index in [1.54, 1.807) is 0 Å². The van der Waals surface area contributed by atoms with Crippen molar-refractivity contribution in [3.63, 3.8) is 0 Å². The van der Waals surface area contributed by atoms with Gasteiger partial charge in [0, 0.05) is 0 Å². The van der Waals surface area contributed by atoms with Gasteiger partial charge in [-0.15, -0.1) is 0 Å². The van der Waals surface area contributed by atoms with Crippen LogP contribution in [-0.2, 0) is 16.0 Å². The van der Waals surface area contributed by atoms with Crippen LogP contribution in [-0.4, -0.2) is 10.5 Å².